The predicted molar refractivity (Wildman–Crippen MR) is 259 cm³/mol. The molecule has 386 valence electrons. The van der Waals surface area contributed by atoms with E-state index in [1.54, 1.807) is 38.3 Å². The van der Waals surface area contributed by atoms with Crippen molar-refractivity contribution in [1.82, 2.24) is 13.2 Å². The van der Waals surface area contributed by atoms with Crippen molar-refractivity contribution in [3.8, 4) is 5.75 Å². The van der Waals surface area contributed by atoms with E-state index in [1.807, 2.05) is 35.9 Å². The number of epoxide rings is 1. The minimum Gasteiger partial charge on any atom is -0.495 e. The van der Waals surface area contributed by atoms with E-state index in [1.165, 1.54) is 36.0 Å². The second-order valence-corrected chi connectivity index (χ2v) is 19.3. The van der Waals surface area contributed by atoms with E-state index in [4.69, 9.17) is 63.7 Å². The lowest BCUT2D eigenvalue weighted by Crippen LogP contribution is -2.62. The van der Waals surface area contributed by atoms with Gasteiger partial charge in [0.1, 0.15) is 46.5 Å². The normalized spacial score (nSPS) is 27.6. The van der Waals surface area contributed by atoms with Gasteiger partial charge in [-0.25, -0.2) is 12.5 Å². The van der Waals surface area contributed by atoms with Crippen LogP contribution in [0.5, 0.6) is 5.75 Å². The number of allylic oxidation sites excluding steroid dienone is 3. The molecule has 3 N–H and O–H groups in total. The maximum absolute atomic E-state index is 14.0. The van der Waals surface area contributed by atoms with E-state index < -0.39 is 65.6 Å². The van der Waals surface area contributed by atoms with Gasteiger partial charge in [-0.1, -0.05) is 47.4 Å². The number of rotatable bonds is 25. The smallest absolute Gasteiger partial charge is 0.409 e. The Morgan fingerprint density at radius 2 is 1.57 bits per heavy atom. The summed E-state index contributed by atoms with van der Waals surface area (Å²) >= 11 is 9.90. The van der Waals surface area contributed by atoms with E-state index in [-0.39, 0.29) is 75.5 Å². The fourth-order valence-corrected chi connectivity index (χ4v) is 9.68. The molecule has 5 rings (SSSR count). The third-order valence-corrected chi connectivity index (χ3v) is 13.6. The number of carbonyl (C=O) groups excluding carboxylic acids is 5. The Balaban J connectivity index is 1.02. The lowest BCUT2D eigenvalue weighted by atomic mass is 9.90. The van der Waals surface area contributed by atoms with E-state index in [2.05, 4.69) is 8.25 Å². The molecule has 4 aliphatic rings. The molecule has 4 bridgehead atoms. The highest BCUT2D eigenvalue weighted by molar-refractivity contribution is 14.1. The number of aliphatic hydroxyl groups is 1. The molecule has 7 atom stereocenters. The summed E-state index contributed by atoms with van der Waals surface area (Å²) in [6, 6.07) is 3.58. The summed E-state index contributed by atoms with van der Waals surface area (Å²) in [4.78, 5) is 66.9. The third-order valence-electron chi connectivity index (χ3n) is 11.7. The molecule has 1 aromatic rings. The zero-order chi connectivity index (χ0) is 50.0. The number of methoxy groups -OCH3 is 2. The van der Waals surface area contributed by atoms with Crippen LogP contribution in [0, 0.1) is 0 Å². The molecule has 0 radical (unpaired) electrons. The van der Waals surface area contributed by atoms with E-state index >= 15 is 0 Å². The van der Waals surface area contributed by atoms with Crippen molar-refractivity contribution in [1.29, 1.82) is 0 Å². The highest BCUT2D eigenvalue weighted by atomic mass is 127. The van der Waals surface area contributed by atoms with Crippen molar-refractivity contribution >= 4 is 81.9 Å². The Hall–Kier alpha value is -3.18. The number of carbonyl (C=O) groups is 5. The van der Waals surface area contributed by atoms with Crippen LogP contribution < -0.4 is 17.9 Å². The van der Waals surface area contributed by atoms with Crippen molar-refractivity contribution in [2.24, 2.45) is 0 Å². The molecule has 0 saturated carbocycles. The van der Waals surface area contributed by atoms with Gasteiger partial charge in [-0.05, 0) is 38.0 Å². The second kappa shape index (κ2) is 28.2. The van der Waals surface area contributed by atoms with Crippen LogP contribution in [0.15, 0.2) is 35.9 Å². The largest absolute Gasteiger partial charge is 0.495 e. The van der Waals surface area contributed by atoms with Crippen LogP contribution in [0.2, 0.25) is 5.02 Å². The quantitative estimate of drug-likeness (QED) is 0.0242. The van der Waals surface area contributed by atoms with E-state index in [0.717, 1.165) is 11.1 Å². The molecule has 4 amide bonds. The molecule has 1 unspecified atom stereocenters. The first kappa shape index (κ1) is 56.7. The minimum absolute atomic E-state index is 0.0432. The highest BCUT2D eigenvalue weighted by Gasteiger charge is 2.61. The first-order valence-corrected chi connectivity index (χ1v) is 24.9. The topological polar surface area (TPSA) is 241 Å². The van der Waals surface area contributed by atoms with Crippen LogP contribution >= 0.6 is 46.4 Å². The van der Waals surface area contributed by atoms with E-state index in [0.29, 0.717) is 64.1 Å². The number of anilines is 1. The first-order valence-electron chi connectivity index (χ1n) is 22.5. The summed E-state index contributed by atoms with van der Waals surface area (Å²) in [6.07, 6.45) is 1.35. The number of benzene rings is 1. The maximum atomic E-state index is 14.0. The fraction of sp³-hybridized carbons (Fsp3) is 0.667. The zero-order valence-corrected chi connectivity index (χ0v) is 43.3. The molecule has 21 nitrogen and oxygen atoms in total. The number of fused-ring (bicyclic) bond motifs is 5. The molecular formula is C45H64ClIN4O17S. The lowest BCUT2D eigenvalue weighted by Gasteiger charge is -2.40. The SMILES string of the molecule is COc1cc2cc(c1Cl)N(C)C(=O)C[C@H](OC(=O)COCCOCCOCCOCCOCCOCCN1C(=O)CC(SNI)C1=O)[C@]1(C)O[C@H]1C[C@@H]1C[C@@](O)(NC(=O)O1)[C@H](OC)/C=C/C=C(\C)C2. The summed E-state index contributed by atoms with van der Waals surface area (Å²) in [6.45, 7) is 6.60. The summed E-state index contributed by atoms with van der Waals surface area (Å²) < 4.78 is 64.7. The monoisotopic (exact) mass is 1130 g/mol. The van der Waals surface area contributed by atoms with Gasteiger partial charge in [0.2, 0.25) is 17.7 Å². The fourth-order valence-electron chi connectivity index (χ4n) is 7.89. The summed E-state index contributed by atoms with van der Waals surface area (Å²) in [5, 5.41) is 14.0. The van der Waals surface area contributed by atoms with Gasteiger partial charge in [-0.15, -0.1) is 0 Å². The first-order chi connectivity index (χ1) is 33.1. The zero-order valence-electron chi connectivity index (χ0n) is 39.5. The van der Waals surface area contributed by atoms with Crippen LogP contribution in [-0.2, 0) is 73.0 Å². The molecule has 0 aliphatic carbocycles. The molecule has 4 heterocycles. The third kappa shape index (κ3) is 17.0. The number of amides is 4. The number of hydrogen-bond acceptors (Lipinski definition) is 19. The minimum atomic E-state index is -1.81. The molecule has 69 heavy (non-hydrogen) atoms. The molecule has 24 heteroatoms. The highest BCUT2D eigenvalue weighted by Crippen LogP contribution is 2.47. The molecular weight excluding hydrogens is 1060 g/mol. The molecule has 3 saturated heterocycles. The molecule has 3 fully saturated rings. The van der Waals surface area contributed by atoms with Crippen molar-refractivity contribution in [2.75, 3.05) is 112 Å². The number of halogens is 2. The maximum Gasteiger partial charge on any atom is 0.409 e. The van der Waals surface area contributed by atoms with Crippen LogP contribution in [0.1, 0.15) is 45.1 Å². The Morgan fingerprint density at radius 3 is 2.17 bits per heavy atom. The van der Waals surface area contributed by atoms with Crippen LogP contribution in [-0.4, -0.2) is 188 Å². The number of nitrogens with one attached hydrogen (secondary N) is 2. The molecule has 0 spiro atoms. The second-order valence-electron chi connectivity index (χ2n) is 16.7. The number of hydrogen-bond donors (Lipinski definition) is 3. The Morgan fingerprint density at radius 1 is 0.942 bits per heavy atom. The van der Waals surface area contributed by atoms with Gasteiger partial charge in [0, 0.05) is 56.3 Å². The lowest BCUT2D eigenvalue weighted by molar-refractivity contribution is -0.159. The van der Waals surface area contributed by atoms with E-state index in [9.17, 15) is 29.1 Å². The summed E-state index contributed by atoms with van der Waals surface area (Å²) in [7, 11) is 4.48. The predicted octanol–water partition coefficient (Wildman–Crippen LogP) is 3.24. The van der Waals surface area contributed by atoms with Crippen molar-refractivity contribution in [3.05, 3.63) is 46.5 Å². The number of nitrogens with zero attached hydrogens (tertiary/aromatic N) is 2. The Kier molecular flexibility index (Phi) is 23.2. The van der Waals surface area contributed by atoms with Gasteiger partial charge in [-0.3, -0.25) is 24.6 Å². The average Bonchev–Trinajstić information content (AvgIpc) is 3.88. The van der Waals surface area contributed by atoms with Crippen molar-refractivity contribution < 1.29 is 81.2 Å². The van der Waals surface area contributed by atoms with Gasteiger partial charge in [-0.2, -0.15) is 0 Å². The molecule has 0 aromatic heterocycles. The van der Waals surface area contributed by atoms with Crippen molar-refractivity contribution in [3.63, 3.8) is 0 Å². The summed E-state index contributed by atoms with van der Waals surface area (Å²) in [5.41, 5.74) is -0.874. The Labute approximate surface area is 425 Å². The van der Waals surface area contributed by atoms with Gasteiger partial charge < -0.3 is 62.1 Å². The summed E-state index contributed by atoms with van der Waals surface area (Å²) in [5.74, 6) is -1.20. The average molecular weight is 1130 g/mol. The number of alkyl carbamates (subject to hydrolysis) is 1. The number of imide groups is 1. The van der Waals surface area contributed by atoms with Gasteiger partial charge in [0.25, 0.3) is 0 Å². The van der Waals surface area contributed by atoms with Gasteiger partial charge in [0.05, 0.1) is 105 Å². The van der Waals surface area contributed by atoms with Crippen LogP contribution in [0.3, 0.4) is 0 Å². The molecule has 4 aliphatic heterocycles. The van der Waals surface area contributed by atoms with Crippen LogP contribution in [0.4, 0.5) is 10.5 Å². The van der Waals surface area contributed by atoms with Gasteiger partial charge >= 0.3 is 12.1 Å². The van der Waals surface area contributed by atoms with Crippen molar-refractivity contribution in [2.45, 2.75) is 86.9 Å². The number of esters is 1. The van der Waals surface area contributed by atoms with Crippen LogP contribution in [0.25, 0.3) is 0 Å². The number of ether oxygens (including phenoxy) is 11. The standard InChI is InChI=1S/C45H64ClIN4O17S/c1-29-7-6-8-35(59-5)45(57)27-31(66-43(56)48-45)24-37-44(2,68-37)36(26-38(52)50(3)32-22-30(21-29)23-33(58-4)41(32)46)67-40(54)28-65-20-19-64-18-17-63-16-15-62-14-13-61-12-11-60-10-9-51-39(53)25-34(42(51)55)69-49-47/h6-8,22-23,31,34-37,49,57H,9-21,24-28H2,1-5H3,(H,48,56)/b8-6+,29-7+/t31-,34?,35-,36+,37+,44+,45+/m1/s1. The number of likely N-dealkylation sites (tertiary alicyclic amines) is 1. The molecule has 1 aromatic carbocycles. The Bertz CT molecular complexity index is 1970. The van der Waals surface area contributed by atoms with Gasteiger partial charge in [0.15, 0.2) is 5.72 Å².